The van der Waals surface area contributed by atoms with Crippen molar-refractivity contribution in [1.82, 2.24) is 24.8 Å². The standard InChI is InChI=1S/C19H22N6O3/c26-14-2-3-15(27)24(14)10-16(28)25-9-1-8-23(11-19(25)5-6-19)18-13-4-7-20-17(13)21-12-22-18/h4,7,12H,1-3,5-6,8-11H2,(H,20,21,22). The Morgan fingerprint density at radius 2 is 1.93 bits per heavy atom. The van der Waals surface area contributed by atoms with E-state index in [2.05, 4.69) is 19.9 Å². The first kappa shape index (κ1) is 17.2. The van der Waals surface area contributed by atoms with Gasteiger partial charge in [-0.2, -0.15) is 0 Å². The van der Waals surface area contributed by atoms with E-state index in [1.54, 1.807) is 6.33 Å². The third-order valence-corrected chi connectivity index (χ3v) is 6.08. The molecule has 2 aromatic heterocycles. The first-order valence-corrected chi connectivity index (χ1v) is 9.74. The van der Waals surface area contributed by atoms with E-state index in [0.29, 0.717) is 13.1 Å². The molecule has 2 aliphatic heterocycles. The molecule has 4 heterocycles. The Kier molecular flexibility index (Phi) is 3.85. The average Bonchev–Trinajstić information content (AvgIpc) is 3.25. The van der Waals surface area contributed by atoms with Gasteiger partial charge < -0.3 is 14.8 Å². The van der Waals surface area contributed by atoms with Crippen LogP contribution in [0.25, 0.3) is 11.0 Å². The number of amides is 3. The Morgan fingerprint density at radius 3 is 2.68 bits per heavy atom. The highest BCUT2D eigenvalue weighted by Crippen LogP contribution is 2.45. The van der Waals surface area contributed by atoms with Gasteiger partial charge in [-0.3, -0.25) is 19.3 Å². The maximum Gasteiger partial charge on any atom is 0.243 e. The van der Waals surface area contributed by atoms with E-state index in [1.165, 1.54) is 0 Å². The fourth-order valence-corrected chi connectivity index (χ4v) is 4.45. The highest BCUT2D eigenvalue weighted by Gasteiger charge is 2.52. The van der Waals surface area contributed by atoms with Gasteiger partial charge in [-0.15, -0.1) is 0 Å². The molecule has 3 fully saturated rings. The highest BCUT2D eigenvalue weighted by atomic mass is 16.2. The molecule has 1 spiro atoms. The van der Waals surface area contributed by atoms with E-state index in [4.69, 9.17) is 0 Å². The number of H-pyrrole nitrogens is 1. The number of aromatic amines is 1. The van der Waals surface area contributed by atoms with Crippen molar-refractivity contribution in [2.24, 2.45) is 0 Å². The summed E-state index contributed by atoms with van der Waals surface area (Å²) in [7, 11) is 0. The van der Waals surface area contributed by atoms with E-state index in [9.17, 15) is 14.4 Å². The van der Waals surface area contributed by atoms with E-state index in [0.717, 1.165) is 47.6 Å². The monoisotopic (exact) mass is 382 g/mol. The van der Waals surface area contributed by atoms with Crippen LogP contribution >= 0.6 is 0 Å². The van der Waals surface area contributed by atoms with Gasteiger partial charge in [0.2, 0.25) is 17.7 Å². The normalized spacial score (nSPS) is 21.6. The second-order valence-corrected chi connectivity index (χ2v) is 7.86. The lowest BCUT2D eigenvalue weighted by atomic mass is 10.2. The van der Waals surface area contributed by atoms with Crippen molar-refractivity contribution < 1.29 is 14.4 Å². The van der Waals surface area contributed by atoms with Gasteiger partial charge in [-0.25, -0.2) is 9.97 Å². The van der Waals surface area contributed by atoms with Crippen molar-refractivity contribution in [3.63, 3.8) is 0 Å². The number of nitrogens with one attached hydrogen (secondary N) is 1. The van der Waals surface area contributed by atoms with E-state index >= 15 is 0 Å². The summed E-state index contributed by atoms with van der Waals surface area (Å²) in [6, 6.07) is 1.97. The second-order valence-electron chi connectivity index (χ2n) is 7.86. The van der Waals surface area contributed by atoms with Crippen molar-refractivity contribution >= 4 is 34.6 Å². The van der Waals surface area contributed by atoms with Crippen LogP contribution in [0.5, 0.6) is 0 Å². The molecule has 0 atom stereocenters. The number of imide groups is 1. The number of carbonyl (C=O) groups excluding carboxylic acids is 3. The third-order valence-electron chi connectivity index (χ3n) is 6.08. The van der Waals surface area contributed by atoms with Crippen LogP contribution < -0.4 is 4.90 Å². The van der Waals surface area contributed by atoms with Gasteiger partial charge in [0.05, 0.1) is 10.9 Å². The van der Waals surface area contributed by atoms with Gasteiger partial charge in [-0.05, 0) is 25.3 Å². The Balaban J connectivity index is 1.37. The minimum absolute atomic E-state index is 0.127. The number of carbonyl (C=O) groups is 3. The molecule has 3 aliphatic rings. The van der Waals surface area contributed by atoms with Crippen LogP contribution in [0, 0.1) is 0 Å². The van der Waals surface area contributed by atoms with Gasteiger partial charge in [0, 0.05) is 38.7 Å². The number of nitrogens with zero attached hydrogens (tertiary/aromatic N) is 5. The first-order valence-electron chi connectivity index (χ1n) is 9.74. The number of anilines is 1. The lowest BCUT2D eigenvalue weighted by molar-refractivity contribution is -0.146. The fraction of sp³-hybridized carbons (Fsp3) is 0.526. The number of hydrogen-bond acceptors (Lipinski definition) is 6. The van der Waals surface area contributed by atoms with Crippen molar-refractivity contribution in [2.45, 2.75) is 37.6 Å². The van der Waals surface area contributed by atoms with Crippen LogP contribution in [0.15, 0.2) is 18.6 Å². The topological polar surface area (TPSA) is 102 Å². The van der Waals surface area contributed by atoms with Gasteiger partial charge >= 0.3 is 0 Å². The third kappa shape index (κ3) is 2.73. The zero-order valence-corrected chi connectivity index (χ0v) is 15.6. The molecule has 28 heavy (non-hydrogen) atoms. The summed E-state index contributed by atoms with van der Waals surface area (Å²) < 4.78 is 0. The molecule has 0 bridgehead atoms. The number of fused-ring (bicyclic) bond motifs is 1. The lowest BCUT2D eigenvalue weighted by Gasteiger charge is -2.33. The van der Waals surface area contributed by atoms with Crippen LogP contribution in [0.4, 0.5) is 5.82 Å². The first-order chi connectivity index (χ1) is 13.6. The van der Waals surface area contributed by atoms with Crippen molar-refractivity contribution in [2.75, 3.05) is 31.1 Å². The second kappa shape index (κ2) is 6.29. The quantitative estimate of drug-likeness (QED) is 0.783. The number of hydrogen-bond donors (Lipinski definition) is 1. The number of likely N-dealkylation sites (tertiary alicyclic amines) is 1. The molecule has 9 nitrogen and oxygen atoms in total. The molecule has 1 N–H and O–H groups in total. The smallest absolute Gasteiger partial charge is 0.243 e. The van der Waals surface area contributed by atoms with Gasteiger partial charge in [0.15, 0.2) is 0 Å². The summed E-state index contributed by atoms with van der Waals surface area (Å²) in [6.07, 6.45) is 6.51. The van der Waals surface area contributed by atoms with Crippen LogP contribution in [0.3, 0.4) is 0 Å². The molecule has 5 rings (SSSR count). The minimum atomic E-state index is -0.240. The van der Waals surface area contributed by atoms with Gasteiger partial charge in [0.1, 0.15) is 24.3 Å². The SMILES string of the molecule is O=C1CCC(=O)N1CC(=O)N1CCCN(c2ncnc3[nH]ccc23)CC12CC2. The molecule has 0 radical (unpaired) electrons. The predicted molar refractivity (Wildman–Crippen MR) is 100 cm³/mol. The van der Waals surface area contributed by atoms with Crippen molar-refractivity contribution in [3.05, 3.63) is 18.6 Å². The fourth-order valence-electron chi connectivity index (χ4n) is 4.45. The maximum atomic E-state index is 13.0. The molecule has 0 unspecified atom stereocenters. The van der Waals surface area contributed by atoms with Crippen LogP contribution in [0.2, 0.25) is 0 Å². The van der Waals surface area contributed by atoms with Crippen LogP contribution in [-0.4, -0.2) is 74.2 Å². The molecule has 146 valence electrons. The Hall–Kier alpha value is -2.97. The molecule has 9 heteroatoms. The Labute approximate surface area is 161 Å². The molecule has 0 aromatic carbocycles. The molecule has 1 aliphatic carbocycles. The average molecular weight is 382 g/mol. The van der Waals surface area contributed by atoms with Crippen molar-refractivity contribution in [3.8, 4) is 0 Å². The van der Waals surface area contributed by atoms with Crippen molar-refractivity contribution in [1.29, 1.82) is 0 Å². The van der Waals surface area contributed by atoms with Gasteiger partial charge in [0.25, 0.3) is 0 Å². The van der Waals surface area contributed by atoms with Gasteiger partial charge in [-0.1, -0.05) is 0 Å². The van der Waals surface area contributed by atoms with Crippen LogP contribution in [0.1, 0.15) is 32.1 Å². The van der Waals surface area contributed by atoms with Crippen LogP contribution in [-0.2, 0) is 14.4 Å². The summed E-state index contributed by atoms with van der Waals surface area (Å²) in [6.45, 7) is 2.00. The Bertz CT molecular complexity index is 949. The zero-order chi connectivity index (χ0) is 19.3. The number of aromatic nitrogens is 3. The molecule has 3 amide bonds. The summed E-state index contributed by atoms with van der Waals surface area (Å²) in [5, 5.41) is 0.978. The number of rotatable bonds is 3. The summed E-state index contributed by atoms with van der Waals surface area (Å²) in [5.41, 5.74) is 0.575. The summed E-state index contributed by atoms with van der Waals surface area (Å²) >= 11 is 0. The zero-order valence-electron chi connectivity index (χ0n) is 15.6. The maximum absolute atomic E-state index is 13.0. The predicted octanol–water partition coefficient (Wildman–Crippen LogP) is 0.678. The lowest BCUT2D eigenvalue weighted by Crippen LogP contribution is -2.50. The minimum Gasteiger partial charge on any atom is -0.354 e. The van der Waals surface area contributed by atoms with E-state index in [-0.39, 0.29) is 42.6 Å². The molecule has 1 saturated carbocycles. The molecular formula is C19H22N6O3. The molecule has 2 saturated heterocycles. The van der Waals surface area contributed by atoms with E-state index in [1.807, 2.05) is 17.2 Å². The summed E-state index contributed by atoms with van der Waals surface area (Å²) in [4.78, 5) is 53.9. The molecule has 2 aromatic rings. The molecular weight excluding hydrogens is 360 g/mol. The Morgan fingerprint density at radius 1 is 1.14 bits per heavy atom. The largest absolute Gasteiger partial charge is 0.354 e. The summed E-state index contributed by atoms with van der Waals surface area (Å²) in [5.74, 6) is 0.278. The van der Waals surface area contributed by atoms with E-state index < -0.39 is 0 Å². The highest BCUT2D eigenvalue weighted by molar-refractivity contribution is 6.04.